The molecule has 0 unspecified atom stereocenters. The third-order valence-corrected chi connectivity index (χ3v) is 2.09. The number of nitrogens with zero attached hydrogens (tertiary/aromatic N) is 1. The number of esters is 1. The molecule has 1 heterocycles. The molecule has 0 spiro atoms. The molecule has 0 radical (unpaired) electrons. The van der Waals surface area contributed by atoms with Gasteiger partial charge in [-0.15, -0.1) is 13.2 Å². The second-order valence-electron chi connectivity index (χ2n) is 3.60. The Balaban J connectivity index is 3.35. The molecule has 1 aromatic rings. The van der Waals surface area contributed by atoms with Gasteiger partial charge in [-0.05, 0) is 0 Å². The van der Waals surface area contributed by atoms with Crippen molar-refractivity contribution in [3.63, 3.8) is 0 Å². The average molecular weight is 319 g/mol. The number of carbonyl (C=O) groups is 1. The maximum Gasteiger partial charge on any atom is 0.573 e. The molecule has 11 heteroatoms. The van der Waals surface area contributed by atoms with Gasteiger partial charge in [0.05, 0.1) is 19.2 Å². The van der Waals surface area contributed by atoms with Gasteiger partial charge in [-0.25, -0.2) is 4.98 Å². The molecule has 118 valence electrons. The van der Waals surface area contributed by atoms with Crippen molar-refractivity contribution < 1.29 is 45.7 Å². The number of hydrogen-bond acceptors (Lipinski definition) is 5. The van der Waals surface area contributed by atoms with E-state index in [0.29, 0.717) is 0 Å². The summed E-state index contributed by atoms with van der Waals surface area (Å²) in [7, 11) is 0.903. The van der Waals surface area contributed by atoms with Crippen molar-refractivity contribution in [1.82, 2.24) is 4.98 Å². The van der Waals surface area contributed by atoms with Crippen LogP contribution in [0.3, 0.4) is 0 Å². The Morgan fingerprint density at radius 2 is 1.86 bits per heavy atom. The Bertz CT molecular complexity index is 540. The quantitative estimate of drug-likeness (QED) is 0.684. The second-order valence-corrected chi connectivity index (χ2v) is 3.60. The number of ether oxygens (including phenoxy) is 2. The van der Waals surface area contributed by atoms with Crippen molar-refractivity contribution in [3.05, 3.63) is 17.5 Å². The van der Waals surface area contributed by atoms with Crippen molar-refractivity contribution in [1.29, 1.82) is 0 Å². The Labute approximate surface area is 113 Å². The van der Waals surface area contributed by atoms with Gasteiger partial charge in [-0.2, -0.15) is 13.2 Å². The highest BCUT2D eigenvalue weighted by Crippen LogP contribution is 2.38. The van der Waals surface area contributed by atoms with Crippen LogP contribution < -0.4 is 4.74 Å². The van der Waals surface area contributed by atoms with Crippen LogP contribution in [0, 0.1) is 0 Å². The van der Waals surface area contributed by atoms with Gasteiger partial charge in [0.25, 0.3) is 0 Å². The molecule has 0 aliphatic carbocycles. The van der Waals surface area contributed by atoms with Crippen LogP contribution in [0.1, 0.15) is 11.4 Å². The molecule has 1 aromatic heterocycles. The number of aromatic hydroxyl groups is 1. The Morgan fingerprint density at radius 1 is 1.29 bits per heavy atom. The predicted molar refractivity (Wildman–Crippen MR) is 53.3 cm³/mol. The maximum absolute atomic E-state index is 12.5. The molecule has 0 aliphatic rings. The topological polar surface area (TPSA) is 68.7 Å². The first-order valence-corrected chi connectivity index (χ1v) is 5.06. The van der Waals surface area contributed by atoms with E-state index in [1.54, 1.807) is 0 Å². The van der Waals surface area contributed by atoms with Crippen molar-refractivity contribution >= 4 is 5.97 Å². The van der Waals surface area contributed by atoms with Crippen LogP contribution in [0.4, 0.5) is 26.3 Å². The monoisotopic (exact) mass is 319 g/mol. The number of alkyl halides is 6. The summed E-state index contributed by atoms with van der Waals surface area (Å²) in [4.78, 5) is 13.9. The lowest BCUT2D eigenvalue weighted by Crippen LogP contribution is -2.19. The first-order chi connectivity index (χ1) is 9.44. The van der Waals surface area contributed by atoms with Crippen LogP contribution in [-0.4, -0.2) is 29.5 Å². The minimum atomic E-state index is -5.33. The summed E-state index contributed by atoms with van der Waals surface area (Å²) in [6.07, 6.45) is -11.4. The third kappa shape index (κ3) is 4.68. The van der Waals surface area contributed by atoms with Gasteiger partial charge in [0, 0.05) is 6.07 Å². The minimum Gasteiger partial charge on any atom is -0.503 e. The molecule has 21 heavy (non-hydrogen) atoms. The standard InChI is InChI=1S/C10H7F6NO4/c1-20-7(18)2-4-8(19)5(21-10(14,15)16)3-6(17-4)9(11,12)13/h3,19H,2H2,1H3. The zero-order valence-corrected chi connectivity index (χ0v) is 10.2. The highest BCUT2D eigenvalue weighted by Gasteiger charge is 2.38. The van der Waals surface area contributed by atoms with E-state index in [1.807, 2.05) is 0 Å². The third-order valence-electron chi connectivity index (χ3n) is 2.09. The Kier molecular flexibility index (Phi) is 4.54. The van der Waals surface area contributed by atoms with Gasteiger partial charge in [0.15, 0.2) is 11.5 Å². The lowest BCUT2D eigenvalue weighted by atomic mass is 10.2. The fraction of sp³-hybridized carbons (Fsp3) is 0.400. The first-order valence-electron chi connectivity index (χ1n) is 5.06. The molecular formula is C10H7F6NO4. The number of aromatic nitrogens is 1. The predicted octanol–water partition coefficient (Wildman–Crippen LogP) is 2.42. The molecule has 0 atom stereocenters. The van der Waals surface area contributed by atoms with Crippen molar-refractivity contribution in [2.24, 2.45) is 0 Å². The molecule has 1 N–H and O–H groups in total. The molecule has 5 nitrogen and oxygen atoms in total. The summed E-state index contributed by atoms with van der Waals surface area (Å²) in [5.74, 6) is -3.94. The SMILES string of the molecule is COC(=O)Cc1nc(C(F)(F)F)cc(OC(F)(F)F)c1O. The van der Waals surface area contributed by atoms with E-state index < -0.39 is 47.8 Å². The largest absolute Gasteiger partial charge is 0.573 e. The summed E-state index contributed by atoms with van der Waals surface area (Å²) < 4.78 is 81.3. The van der Waals surface area contributed by atoms with Crippen LogP contribution in [0.2, 0.25) is 0 Å². The first kappa shape index (κ1) is 16.9. The summed E-state index contributed by atoms with van der Waals surface area (Å²) in [5, 5.41) is 9.42. The van der Waals surface area contributed by atoms with Gasteiger partial charge in [-0.1, -0.05) is 0 Å². The van der Waals surface area contributed by atoms with Crippen LogP contribution >= 0.6 is 0 Å². The van der Waals surface area contributed by atoms with E-state index in [-0.39, 0.29) is 6.07 Å². The summed E-state index contributed by atoms with van der Waals surface area (Å²) in [6, 6.07) is -0.121. The highest BCUT2D eigenvalue weighted by atomic mass is 19.4. The van der Waals surface area contributed by atoms with Crippen LogP contribution in [-0.2, 0) is 22.1 Å². The summed E-state index contributed by atoms with van der Waals surface area (Å²) >= 11 is 0. The number of methoxy groups -OCH3 is 1. The highest BCUT2D eigenvalue weighted by molar-refractivity contribution is 5.73. The van der Waals surface area contributed by atoms with E-state index in [4.69, 9.17) is 0 Å². The lowest BCUT2D eigenvalue weighted by Gasteiger charge is -2.15. The maximum atomic E-state index is 12.5. The number of rotatable bonds is 3. The van der Waals surface area contributed by atoms with Gasteiger partial charge < -0.3 is 14.6 Å². The number of pyridine rings is 1. The molecule has 0 fully saturated rings. The molecule has 0 saturated heterocycles. The average Bonchev–Trinajstić information content (AvgIpc) is 2.30. The fourth-order valence-corrected chi connectivity index (χ4v) is 1.25. The van der Waals surface area contributed by atoms with Crippen molar-refractivity contribution in [2.75, 3.05) is 7.11 Å². The zero-order valence-electron chi connectivity index (χ0n) is 10.2. The van der Waals surface area contributed by atoms with Crippen LogP contribution in [0.5, 0.6) is 11.5 Å². The van der Waals surface area contributed by atoms with Gasteiger partial charge >= 0.3 is 18.5 Å². The van der Waals surface area contributed by atoms with Crippen LogP contribution in [0.15, 0.2) is 6.07 Å². The molecule has 0 bridgehead atoms. The molecule has 1 rings (SSSR count). The number of carbonyl (C=O) groups excluding carboxylic acids is 1. The van der Waals surface area contributed by atoms with Crippen molar-refractivity contribution in [2.45, 2.75) is 19.0 Å². The smallest absolute Gasteiger partial charge is 0.503 e. The van der Waals surface area contributed by atoms with E-state index in [9.17, 15) is 36.2 Å². The number of halogens is 6. The summed E-state index contributed by atoms with van der Waals surface area (Å²) in [5.41, 5.74) is -2.70. The fourth-order valence-electron chi connectivity index (χ4n) is 1.25. The Morgan fingerprint density at radius 3 is 2.29 bits per heavy atom. The molecule has 0 saturated carbocycles. The van der Waals surface area contributed by atoms with Gasteiger partial charge in [0.1, 0.15) is 5.69 Å². The minimum absolute atomic E-state index is 0.121. The molecular weight excluding hydrogens is 312 g/mol. The van der Waals surface area contributed by atoms with E-state index in [0.717, 1.165) is 7.11 Å². The Hall–Kier alpha value is -2.20. The van der Waals surface area contributed by atoms with E-state index in [1.165, 1.54) is 0 Å². The summed E-state index contributed by atoms with van der Waals surface area (Å²) in [6.45, 7) is 0. The van der Waals surface area contributed by atoms with Crippen LogP contribution in [0.25, 0.3) is 0 Å². The molecule has 0 amide bonds. The normalized spacial score (nSPS) is 12.1. The van der Waals surface area contributed by atoms with Gasteiger partial charge in [0.2, 0.25) is 0 Å². The zero-order chi connectivity index (χ0) is 16.4. The molecule has 0 aliphatic heterocycles. The lowest BCUT2D eigenvalue weighted by molar-refractivity contribution is -0.275. The number of hydrogen-bond donors (Lipinski definition) is 1. The molecule has 0 aromatic carbocycles. The second kappa shape index (κ2) is 5.66. The van der Waals surface area contributed by atoms with E-state index in [2.05, 4.69) is 14.5 Å². The van der Waals surface area contributed by atoms with E-state index >= 15 is 0 Å². The van der Waals surface area contributed by atoms with Crippen molar-refractivity contribution in [3.8, 4) is 11.5 Å². The van der Waals surface area contributed by atoms with Gasteiger partial charge in [-0.3, -0.25) is 4.79 Å².